The molecule has 0 saturated heterocycles. The lowest BCUT2D eigenvalue weighted by molar-refractivity contribution is 0.131. The topological polar surface area (TPSA) is 21.3 Å². The molecular formula is C14H21BrFNO. The Balaban J connectivity index is 2.31. The summed E-state index contributed by atoms with van der Waals surface area (Å²) in [6, 6.07) is 4.98. The van der Waals surface area contributed by atoms with Gasteiger partial charge in [0, 0.05) is 29.2 Å². The van der Waals surface area contributed by atoms with Gasteiger partial charge in [-0.3, -0.25) is 0 Å². The van der Waals surface area contributed by atoms with Crippen LogP contribution in [0.4, 0.5) is 4.39 Å². The molecule has 1 N–H and O–H groups in total. The molecule has 0 aliphatic heterocycles. The van der Waals surface area contributed by atoms with E-state index in [0.29, 0.717) is 12.2 Å². The normalized spacial score (nSPS) is 12.7. The molecule has 102 valence electrons. The van der Waals surface area contributed by atoms with E-state index in [1.165, 1.54) is 6.07 Å². The van der Waals surface area contributed by atoms with Gasteiger partial charge in [0.05, 0.1) is 6.61 Å². The van der Waals surface area contributed by atoms with Crippen LogP contribution in [0.2, 0.25) is 0 Å². The van der Waals surface area contributed by atoms with E-state index in [-0.39, 0.29) is 11.9 Å². The van der Waals surface area contributed by atoms with Gasteiger partial charge in [0.1, 0.15) is 5.82 Å². The van der Waals surface area contributed by atoms with Crippen LogP contribution in [0.5, 0.6) is 0 Å². The molecule has 0 saturated carbocycles. The van der Waals surface area contributed by atoms with Crippen LogP contribution < -0.4 is 5.32 Å². The minimum atomic E-state index is -0.176. The van der Waals surface area contributed by atoms with Gasteiger partial charge < -0.3 is 10.1 Å². The number of ether oxygens (including phenoxy) is 1. The Kier molecular flexibility index (Phi) is 7.47. The maximum absolute atomic E-state index is 13.6. The second kappa shape index (κ2) is 8.62. The quantitative estimate of drug-likeness (QED) is 0.730. The van der Waals surface area contributed by atoms with Crippen LogP contribution in [0.3, 0.4) is 0 Å². The Morgan fingerprint density at radius 2 is 2.17 bits per heavy atom. The first-order valence-electron chi connectivity index (χ1n) is 6.41. The summed E-state index contributed by atoms with van der Waals surface area (Å²) in [5.41, 5.74) is 0.679. The summed E-state index contributed by atoms with van der Waals surface area (Å²) in [6.07, 6.45) is 2.24. The summed E-state index contributed by atoms with van der Waals surface area (Å²) >= 11 is 3.36. The smallest absolute Gasteiger partial charge is 0.128 e. The second-order valence-corrected chi connectivity index (χ2v) is 5.22. The Labute approximate surface area is 117 Å². The fourth-order valence-electron chi connectivity index (χ4n) is 1.65. The number of nitrogens with one attached hydrogen (secondary N) is 1. The molecule has 0 aromatic heterocycles. The molecule has 1 aromatic carbocycles. The third kappa shape index (κ3) is 5.46. The zero-order valence-electron chi connectivity index (χ0n) is 11.0. The maximum atomic E-state index is 13.6. The van der Waals surface area contributed by atoms with Crippen molar-refractivity contribution in [2.24, 2.45) is 0 Å². The molecule has 0 heterocycles. The van der Waals surface area contributed by atoms with Crippen molar-refractivity contribution < 1.29 is 9.13 Å². The second-order valence-electron chi connectivity index (χ2n) is 4.31. The summed E-state index contributed by atoms with van der Waals surface area (Å²) < 4.78 is 19.9. The largest absolute Gasteiger partial charge is 0.380 e. The van der Waals surface area contributed by atoms with Crippen LogP contribution in [0.1, 0.15) is 38.3 Å². The molecule has 0 fully saturated rings. The van der Waals surface area contributed by atoms with E-state index in [4.69, 9.17) is 4.74 Å². The van der Waals surface area contributed by atoms with Gasteiger partial charge in [0.15, 0.2) is 0 Å². The van der Waals surface area contributed by atoms with Crippen LogP contribution in [0.15, 0.2) is 22.7 Å². The molecule has 2 nitrogen and oxygen atoms in total. The summed E-state index contributed by atoms with van der Waals surface area (Å²) in [6.45, 7) is 6.30. The van der Waals surface area contributed by atoms with Crippen LogP contribution >= 0.6 is 15.9 Å². The molecule has 0 aliphatic carbocycles. The lowest BCUT2D eigenvalue weighted by Gasteiger charge is -2.15. The number of hydrogen-bond donors (Lipinski definition) is 1. The molecule has 18 heavy (non-hydrogen) atoms. The van der Waals surface area contributed by atoms with Crippen molar-refractivity contribution in [2.45, 2.75) is 32.7 Å². The highest BCUT2D eigenvalue weighted by atomic mass is 79.9. The van der Waals surface area contributed by atoms with Crippen molar-refractivity contribution >= 4 is 15.9 Å². The highest BCUT2D eigenvalue weighted by Gasteiger charge is 2.10. The van der Waals surface area contributed by atoms with Gasteiger partial charge in [-0.05, 0) is 31.5 Å². The third-order valence-corrected chi connectivity index (χ3v) is 3.26. The number of rotatable bonds is 8. The average Bonchev–Trinajstić information content (AvgIpc) is 2.36. The van der Waals surface area contributed by atoms with E-state index < -0.39 is 0 Å². The molecule has 0 radical (unpaired) electrons. The average molecular weight is 318 g/mol. The first-order chi connectivity index (χ1) is 8.65. The van der Waals surface area contributed by atoms with Gasteiger partial charge >= 0.3 is 0 Å². The SMILES string of the molecule is CCCCOCCNC(C)c1cc(Br)ccc1F. The van der Waals surface area contributed by atoms with Crippen LogP contribution in [0, 0.1) is 5.82 Å². The fraction of sp³-hybridized carbons (Fsp3) is 0.571. The van der Waals surface area contributed by atoms with E-state index in [9.17, 15) is 4.39 Å². The molecule has 1 atom stereocenters. The zero-order valence-corrected chi connectivity index (χ0v) is 12.6. The number of benzene rings is 1. The lowest BCUT2D eigenvalue weighted by Crippen LogP contribution is -2.24. The third-order valence-electron chi connectivity index (χ3n) is 2.76. The van der Waals surface area contributed by atoms with E-state index in [1.54, 1.807) is 6.07 Å². The van der Waals surface area contributed by atoms with Crippen molar-refractivity contribution in [1.82, 2.24) is 5.32 Å². The number of halogens is 2. The van der Waals surface area contributed by atoms with Gasteiger partial charge in [-0.25, -0.2) is 4.39 Å². The van der Waals surface area contributed by atoms with Crippen molar-refractivity contribution in [1.29, 1.82) is 0 Å². The molecular weight excluding hydrogens is 297 g/mol. The van der Waals surface area contributed by atoms with Crippen LogP contribution in [0.25, 0.3) is 0 Å². The van der Waals surface area contributed by atoms with E-state index in [2.05, 4.69) is 28.2 Å². The number of hydrogen-bond acceptors (Lipinski definition) is 2. The van der Waals surface area contributed by atoms with E-state index >= 15 is 0 Å². The summed E-state index contributed by atoms with van der Waals surface area (Å²) in [5.74, 6) is -0.176. The Morgan fingerprint density at radius 1 is 1.39 bits per heavy atom. The molecule has 1 aromatic rings. The summed E-state index contributed by atoms with van der Waals surface area (Å²) in [4.78, 5) is 0. The van der Waals surface area contributed by atoms with Crippen molar-refractivity contribution in [3.05, 3.63) is 34.1 Å². The van der Waals surface area contributed by atoms with Crippen LogP contribution in [-0.2, 0) is 4.74 Å². The predicted molar refractivity (Wildman–Crippen MR) is 76.2 cm³/mol. The highest BCUT2D eigenvalue weighted by Crippen LogP contribution is 2.21. The summed E-state index contributed by atoms with van der Waals surface area (Å²) in [5, 5.41) is 3.26. The van der Waals surface area contributed by atoms with Crippen molar-refractivity contribution in [3.8, 4) is 0 Å². The molecule has 4 heteroatoms. The Bertz CT molecular complexity index is 360. The molecule has 1 rings (SSSR count). The molecule has 0 amide bonds. The molecule has 0 spiro atoms. The van der Waals surface area contributed by atoms with Crippen LogP contribution in [-0.4, -0.2) is 19.8 Å². The standard InChI is InChI=1S/C14H21BrFNO/c1-3-4-8-18-9-7-17-11(2)13-10-12(15)5-6-14(13)16/h5-6,10-11,17H,3-4,7-9H2,1-2H3. The van der Waals surface area contributed by atoms with E-state index in [1.807, 2.05) is 13.0 Å². The van der Waals surface area contributed by atoms with Crippen molar-refractivity contribution in [3.63, 3.8) is 0 Å². The molecule has 0 bridgehead atoms. The minimum absolute atomic E-state index is 0.0164. The summed E-state index contributed by atoms with van der Waals surface area (Å²) in [7, 11) is 0. The molecule has 1 unspecified atom stereocenters. The predicted octanol–water partition coefficient (Wildman–Crippen LogP) is 4.06. The Hall–Kier alpha value is -0.450. The van der Waals surface area contributed by atoms with E-state index in [0.717, 1.165) is 30.5 Å². The first-order valence-corrected chi connectivity index (χ1v) is 7.20. The van der Waals surface area contributed by atoms with Gasteiger partial charge in [-0.1, -0.05) is 29.3 Å². The minimum Gasteiger partial charge on any atom is -0.380 e. The molecule has 0 aliphatic rings. The van der Waals surface area contributed by atoms with Gasteiger partial charge in [-0.15, -0.1) is 0 Å². The van der Waals surface area contributed by atoms with Gasteiger partial charge in [-0.2, -0.15) is 0 Å². The highest BCUT2D eigenvalue weighted by molar-refractivity contribution is 9.10. The fourth-order valence-corrected chi connectivity index (χ4v) is 2.03. The van der Waals surface area contributed by atoms with Gasteiger partial charge in [0.2, 0.25) is 0 Å². The maximum Gasteiger partial charge on any atom is 0.128 e. The van der Waals surface area contributed by atoms with Crippen molar-refractivity contribution in [2.75, 3.05) is 19.8 Å². The number of unbranched alkanes of at least 4 members (excludes halogenated alkanes) is 1. The first kappa shape index (κ1) is 15.6. The van der Waals surface area contributed by atoms with Gasteiger partial charge in [0.25, 0.3) is 0 Å². The monoisotopic (exact) mass is 317 g/mol. The zero-order chi connectivity index (χ0) is 13.4. The Morgan fingerprint density at radius 3 is 2.89 bits per heavy atom. The lowest BCUT2D eigenvalue weighted by atomic mass is 10.1.